The Hall–Kier alpha value is -1.09. The molecule has 1 aliphatic rings. The van der Waals surface area contributed by atoms with Gasteiger partial charge < -0.3 is 4.98 Å². The molecule has 4 rings (SSSR count). The minimum absolute atomic E-state index is 0.383. The molecule has 2 aromatic carbocycles. The highest BCUT2D eigenvalue weighted by molar-refractivity contribution is 8.00. The maximum atomic E-state index is 6.31. The van der Waals surface area contributed by atoms with E-state index in [0.717, 1.165) is 22.0 Å². The third-order valence-electron chi connectivity index (χ3n) is 3.69. The predicted molar refractivity (Wildman–Crippen MR) is 87.1 cm³/mol. The number of H-pyrrole nitrogens is 1. The number of fused-ring (bicyclic) bond motifs is 3. The Kier molecular flexibility index (Phi) is 2.99. The Bertz CT molecular complexity index is 809. The summed E-state index contributed by atoms with van der Waals surface area (Å²) in [5.41, 5.74) is 3.65. The van der Waals surface area contributed by atoms with Gasteiger partial charge in [-0.1, -0.05) is 41.4 Å². The van der Waals surface area contributed by atoms with Gasteiger partial charge in [0.15, 0.2) is 0 Å². The number of aromatic nitrogens is 1. The van der Waals surface area contributed by atoms with Gasteiger partial charge in [-0.3, -0.25) is 0 Å². The van der Waals surface area contributed by atoms with Crippen LogP contribution in [-0.4, -0.2) is 4.98 Å². The average molecular weight is 320 g/mol. The highest BCUT2D eigenvalue weighted by Crippen LogP contribution is 2.50. The van der Waals surface area contributed by atoms with Crippen molar-refractivity contribution in [3.8, 4) is 0 Å². The van der Waals surface area contributed by atoms with Crippen LogP contribution in [0.4, 0.5) is 0 Å². The monoisotopic (exact) mass is 319 g/mol. The Morgan fingerprint density at radius 1 is 1.10 bits per heavy atom. The van der Waals surface area contributed by atoms with Crippen LogP contribution in [0.1, 0.15) is 16.5 Å². The Morgan fingerprint density at radius 3 is 2.80 bits per heavy atom. The third-order valence-corrected chi connectivity index (χ3v) is 5.67. The highest BCUT2D eigenvalue weighted by Gasteiger charge is 2.28. The molecule has 0 saturated carbocycles. The van der Waals surface area contributed by atoms with Crippen molar-refractivity contribution in [1.29, 1.82) is 0 Å². The van der Waals surface area contributed by atoms with E-state index in [1.54, 1.807) is 0 Å². The predicted octanol–water partition coefficient (Wildman–Crippen LogP) is 5.86. The van der Waals surface area contributed by atoms with Crippen LogP contribution in [0, 0.1) is 0 Å². The van der Waals surface area contributed by atoms with Gasteiger partial charge in [-0.15, -0.1) is 11.8 Å². The Balaban J connectivity index is 1.77. The van der Waals surface area contributed by atoms with Crippen LogP contribution in [0.5, 0.6) is 0 Å². The van der Waals surface area contributed by atoms with Gasteiger partial charge >= 0.3 is 0 Å². The molecule has 1 unspecified atom stereocenters. The van der Waals surface area contributed by atoms with Crippen LogP contribution in [0.15, 0.2) is 47.4 Å². The van der Waals surface area contributed by atoms with Crippen LogP contribution >= 0.6 is 35.0 Å². The molecule has 1 aromatic heterocycles. The molecule has 0 aliphatic carbocycles. The zero-order chi connectivity index (χ0) is 13.7. The van der Waals surface area contributed by atoms with Gasteiger partial charge in [0.05, 0.1) is 0 Å². The molecule has 4 heteroatoms. The molecule has 0 amide bonds. The number of benzene rings is 2. The van der Waals surface area contributed by atoms with E-state index in [1.165, 1.54) is 21.5 Å². The van der Waals surface area contributed by atoms with Gasteiger partial charge in [0, 0.05) is 43.2 Å². The van der Waals surface area contributed by atoms with Crippen molar-refractivity contribution in [2.24, 2.45) is 0 Å². The Morgan fingerprint density at radius 2 is 1.95 bits per heavy atom. The highest BCUT2D eigenvalue weighted by atomic mass is 35.5. The van der Waals surface area contributed by atoms with E-state index < -0.39 is 0 Å². The lowest BCUT2D eigenvalue weighted by molar-refractivity contribution is 0.921. The normalized spacial score (nSPS) is 17.6. The lowest BCUT2D eigenvalue weighted by Gasteiger charge is -2.11. The van der Waals surface area contributed by atoms with Crippen LogP contribution in [0.3, 0.4) is 0 Å². The van der Waals surface area contributed by atoms with Gasteiger partial charge in [0.25, 0.3) is 0 Å². The maximum absolute atomic E-state index is 6.31. The summed E-state index contributed by atoms with van der Waals surface area (Å²) in [5, 5.41) is 3.22. The first-order valence-electron chi connectivity index (χ1n) is 6.43. The largest absolute Gasteiger partial charge is 0.357 e. The molecule has 0 radical (unpaired) electrons. The van der Waals surface area contributed by atoms with Gasteiger partial charge in [-0.2, -0.15) is 0 Å². The number of thioether (sulfide) groups is 1. The van der Waals surface area contributed by atoms with E-state index in [2.05, 4.69) is 11.1 Å². The van der Waals surface area contributed by atoms with E-state index in [1.807, 2.05) is 48.2 Å². The fourth-order valence-corrected chi connectivity index (χ4v) is 4.70. The van der Waals surface area contributed by atoms with Crippen LogP contribution < -0.4 is 0 Å². The van der Waals surface area contributed by atoms with E-state index in [9.17, 15) is 0 Å². The first kappa shape index (κ1) is 12.6. The Labute approximate surface area is 131 Å². The van der Waals surface area contributed by atoms with Crippen LogP contribution in [0.2, 0.25) is 10.0 Å². The molecule has 1 nitrogen and oxygen atoms in total. The summed E-state index contributed by atoms with van der Waals surface area (Å²) >= 11 is 14.3. The number of aromatic amines is 1. The number of rotatable bonds is 1. The molecule has 1 aliphatic heterocycles. The molecule has 2 heterocycles. The number of nitrogens with one attached hydrogen (secondary N) is 1. The van der Waals surface area contributed by atoms with Crippen molar-refractivity contribution in [2.75, 3.05) is 0 Å². The molecule has 0 bridgehead atoms. The van der Waals surface area contributed by atoms with Gasteiger partial charge in [-0.25, -0.2) is 0 Å². The van der Waals surface area contributed by atoms with Crippen LogP contribution in [0.25, 0.3) is 10.9 Å². The molecule has 1 atom stereocenters. The summed E-state index contributed by atoms with van der Waals surface area (Å²) in [6.45, 7) is 0. The molecular weight excluding hydrogens is 309 g/mol. The fourth-order valence-electron chi connectivity index (χ4n) is 2.75. The molecule has 0 saturated heterocycles. The van der Waals surface area contributed by atoms with Crippen molar-refractivity contribution in [2.45, 2.75) is 16.6 Å². The molecule has 1 N–H and O–H groups in total. The molecule has 0 spiro atoms. The lowest BCUT2D eigenvalue weighted by Crippen LogP contribution is -1.94. The van der Waals surface area contributed by atoms with Gasteiger partial charge in [0.2, 0.25) is 0 Å². The van der Waals surface area contributed by atoms with Crippen molar-refractivity contribution in [1.82, 2.24) is 4.98 Å². The van der Waals surface area contributed by atoms with Crippen molar-refractivity contribution in [3.05, 3.63) is 63.8 Å². The van der Waals surface area contributed by atoms with Crippen molar-refractivity contribution < 1.29 is 0 Å². The summed E-state index contributed by atoms with van der Waals surface area (Å²) in [7, 11) is 0. The van der Waals surface area contributed by atoms with E-state index in [0.29, 0.717) is 5.25 Å². The standard InChI is InChI=1S/C16H11Cl2NS/c17-9-5-6-13-11(7-9)16-14(19-13)8-15(20-16)10-3-1-2-4-12(10)18/h1-7,15,19H,8H2. The first-order valence-corrected chi connectivity index (χ1v) is 8.07. The van der Waals surface area contributed by atoms with E-state index in [-0.39, 0.29) is 0 Å². The summed E-state index contributed by atoms with van der Waals surface area (Å²) in [5.74, 6) is 0. The number of hydrogen-bond acceptors (Lipinski definition) is 1. The van der Waals surface area contributed by atoms with Crippen molar-refractivity contribution in [3.63, 3.8) is 0 Å². The topological polar surface area (TPSA) is 15.8 Å². The number of hydrogen-bond donors (Lipinski definition) is 1. The minimum atomic E-state index is 0.383. The molecular formula is C16H11Cl2NS. The molecule has 20 heavy (non-hydrogen) atoms. The lowest BCUT2D eigenvalue weighted by atomic mass is 10.1. The molecule has 0 fully saturated rings. The summed E-state index contributed by atoms with van der Waals surface area (Å²) in [4.78, 5) is 4.81. The second kappa shape index (κ2) is 4.73. The number of halogens is 2. The fraction of sp³-hybridized carbons (Fsp3) is 0.125. The zero-order valence-electron chi connectivity index (χ0n) is 10.5. The summed E-state index contributed by atoms with van der Waals surface area (Å²) in [6, 6.07) is 14.1. The summed E-state index contributed by atoms with van der Waals surface area (Å²) < 4.78 is 0. The maximum Gasteiger partial charge on any atom is 0.0468 e. The van der Waals surface area contributed by atoms with Crippen LogP contribution in [-0.2, 0) is 6.42 Å². The quantitative estimate of drug-likeness (QED) is 0.593. The first-order chi connectivity index (χ1) is 9.72. The second-order valence-corrected chi connectivity index (χ2v) is 7.01. The average Bonchev–Trinajstić information content (AvgIpc) is 2.97. The third kappa shape index (κ3) is 1.95. The van der Waals surface area contributed by atoms with Gasteiger partial charge in [-0.05, 0) is 29.8 Å². The molecule has 100 valence electrons. The summed E-state index contributed by atoms with van der Waals surface area (Å²) in [6.07, 6.45) is 0.982. The second-order valence-electron chi connectivity index (χ2n) is 4.95. The van der Waals surface area contributed by atoms with E-state index in [4.69, 9.17) is 23.2 Å². The minimum Gasteiger partial charge on any atom is -0.357 e. The van der Waals surface area contributed by atoms with E-state index >= 15 is 0 Å². The van der Waals surface area contributed by atoms with Crippen molar-refractivity contribution >= 4 is 45.9 Å². The smallest absolute Gasteiger partial charge is 0.0468 e. The zero-order valence-corrected chi connectivity index (χ0v) is 12.8. The SMILES string of the molecule is Clc1ccc2[nH]c3c(c2c1)SC(c1ccccc1Cl)C3. The van der Waals surface area contributed by atoms with Gasteiger partial charge in [0.1, 0.15) is 0 Å². The molecule has 3 aromatic rings.